The standard InChI is InChI=1S/C10H13IN5O7P/c11-10-15-4-7(12)13-2-14-8(4)16(10)9-6(18)5(17)3(23-9)1-22-24(19,20)21/h2-3,5-6,9,17-18H,1H2,(H2,12,13,14)(H2,19,20,21)/t3-,5?,6?,9-/m1/s1. The van der Waals surface area contributed by atoms with E-state index in [1.165, 1.54) is 10.9 Å². The number of phosphoric ester groups is 1. The zero-order chi connectivity index (χ0) is 17.6. The number of halogens is 1. The molecule has 24 heavy (non-hydrogen) atoms. The number of rotatable bonds is 4. The second kappa shape index (κ2) is 6.42. The van der Waals surface area contributed by atoms with E-state index < -0.39 is 39.0 Å². The molecule has 0 radical (unpaired) electrons. The van der Waals surface area contributed by atoms with Crippen LogP contribution in [0, 0.1) is 3.83 Å². The van der Waals surface area contributed by atoms with Crippen LogP contribution in [-0.4, -0.2) is 64.4 Å². The van der Waals surface area contributed by atoms with E-state index in [4.69, 9.17) is 20.3 Å². The Morgan fingerprint density at radius 3 is 2.75 bits per heavy atom. The summed E-state index contributed by atoms with van der Waals surface area (Å²) in [6, 6.07) is 0. The minimum Gasteiger partial charge on any atom is -0.387 e. The summed E-state index contributed by atoms with van der Waals surface area (Å²) in [7, 11) is -4.73. The molecule has 1 fully saturated rings. The molecule has 132 valence electrons. The highest BCUT2D eigenvalue weighted by atomic mass is 127. The first-order chi connectivity index (χ1) is 11.2. The van der Waals surface area contributed by atoms with Crippen LogP contribution in [0.1, 0.15) is 6.23 Å². The summed E-state index contributed by atoms with van der Waals surface area (Å²) in [4.78, 5) is 29.5. The number of hydrogen-bond donors (Lipinski definition) is 5. The van der Waals surface area contributed by atoms with E-state index in [1.807, 2.05) is 22.6 Å². The van der Waals surface area contributed by atoms with Crippen molar-refractivity contribution in [2.75, 3.05) is 12.3 Å². The zero-order valence-electron chi connectivity index (χ0n) is 11.8. The summed E-state index contributed by atoms with van der Waals surface area (Å²) in [5.74, 6) is 0.145. The number of aromatic nitrogens is 4. The molecule has 0 aromatic carbocycles. The molecule has 1 aliphatic heterocycles. The van der Waals surface area contributed by atoms with Gasteiger partial charge in [-0.15, -0.1) is 0 Å². The lowest BCUT2D eigenvalue weighted by molar-refractivity contribution is -0.0515. The Morgan fingerprint density at radius 1 is 1.38 bits per heavy atom. The smallest absolute Gasteiger partial charge is 0.387 e. The Balaban J connectivity index is 1.92. The van der Waals surface area contributed by atoms with E-state index in [0.717, 1.165) is 0 Å². The molecule has 2 aromatic rings. The topological polar surface area (TPSA) is 186 Å². The Labute approximate surface area is 148 Å². The van der Waals surface area contributed by atoms with Gasteiger partial charge in [0, 0.05) is 22.6 Å². The molecule has 0 saturated carbocycles. The Hall–Kier alpha value is -0.930. The largest absolute Gasteiger partial charge is 0.469 e. The molecule has 0 bridgehead atoms. The van der Waals surface area contributed by atoms with Gasteiger partial charge in [-0.1, -0.05) is 0 Å². The summed E-state index contributed by atoms with van der Waals surface area (Å²) < 4.78 is 22.4. The molecular formula is C10H13IN5O7P. The van der Waals surface area contributed by atoms with Crippen molar-refractivity contribution >= 4 is 47.4 Å². The molecule has 14 heteroatoms. The molecule has 3 heterocycles. The zero-order valence-corrected chi connectivity index (χ0v) is 14.9. The van der Waals surface area contributed by atoms with Crippen LogP contribution in [-0.2, 0) is 13.8 Å². The number of aliphatic hydroxyl groups excluding tert-OH is 2. The molecule has 12 nitrogen and oxygen atoms in total. The number of nitrogens with zero attached hydrogens (tertiary/aromatic N) is 4. The summed E-state index contributed by atoms with van der Waals surface area (Å²) in [5.41, 5.74) is 6.33. The number of aliphatic hydroxyl groups is 2. The van der Waals surface area contributed by atoms with Crippen LogP contribution < -0.4 is 5.73 Å². The van der Waals surface area contributed by atoms with Crippen LogP contribution in [0.5, 0.6) is 0 Å². The fraction of sp³-hybridized carbons (Fsp3) is 0.500. The van der Waals surface area contributed by atoms with Crippen LogP contribution in [0.4, 0.5) is 5.82 Å². The van der Waals surface area contributed by atoms with Gasteiger partial charge in [0.15, 0.2) is 27.0 Å². The van der Waals surface area contributed by atoms with Crippen molar-refractivity contribution in [3.8, 4) is 0 Å². The van der Waals surface area contributed by atoms with Crippen LogP contribution in [0.15, 0.2) is 6.33 Å². The quantitative estimate of drug-likeness (QED) is 0.203. The van der Waals surface area contributed by atoms with Gasteiger partial charge in [0.1, 0.15) is 24.6 Å². The second-order valence-electron chi connectivity index (χ2n) is 5.01. The lowest BCUT2D eigenvalue weighted by atomic mass is 10.1. The van der Waals surface area contributed by atoms with Gasteiger partial charge in [0.2, 0.25) is 0 Å². The summed E-state index contributed by atoms with van der Waals surface area (Å²) >= 11 is 1.88. The predicted octanol–water partition coefficient (Wildman–Crippen LogP) is -1.26. The first kappa shape index (κ1) is 17.9. The third-order valence-electron chi connectivity index (χ3n) is 3.46. The van der Waals surface area contributed by atoms with Gasteiger partial charge in [-0.05, 0) is 0 Å². The molecule has 6 N–H and O–H groups in total. The fourth-order valence-electron chi connectivity index (χ4n) is 2.38. The number of phosphoric acid groups is 1. The number of nitrogen functional groups attached to an aromatic ring is 1. The van der Waals surface area contributed by atoms with E-state index >= 15 is 0 Å². The highest BCUT2D eigenvalue weighted by molar-refractivity contribution is 14.1. The molecule has 0 spiro atoms. The molecule has 0 aliphatic carbocycles. The third-order valence-corrected chi connectivity index (χ3v) is 4.71. The minimum atomic E-state index is -4.73. The third kappa shape index (κ3) is 3.25. The number of hydrogen-bond acceptors (Lipinski definition) is 9. The van der Waals surface area contributed by atoms with Gasteiger partial charge in [-0.2, -0.15) is 0 Å². The minimum absolute atomic E-state index is 0.145. The van der Waals surface area contributed by atoms with Crippen molar-refractivity contribution in [3.05, 3.63) is 10.2 Å². The maximum Gasteiger partial charge on any atom is 0.469 e. The summed E-state index contributed by atoms with van der Waals surface area (Å²) in [6.45, 7) is -0.598. The van der Waals surface area contributed by atoms with Crippen molar-refractivity contribution in [2.24, 2.45) is 0 Å². The normalized spacial score (nSPS) is 27.9. The molecule has 1 aliphatic rings. The average Bonchev–Trinajstić information content (AvgIpc) is 2.96. The van der Waals surface area contributed by atoms with Crippen LogP contribution in [0.25, 0.3) is 11.2 Å². The molecule has 3 rings (SSSR count). The maximum absolute atomic E-state index is 10.8. The summed E-state index contributed by atoms with van der Waals surface area (Å²) in [5, 5.41) is 20.3. The summed E-state index contributed by atoms with van der Waals surface area (Å²) in [6.07, 6.45) is -3.83. The monoisotopic (exact) mass is 473 g/mol. The molecule has 0 amide bonds. The lowest BCUT2D eigenvalue weighted by Crippen LogP contribution is -2.33. The van der Waals surface area contributed by atoms with E-state index in [-0.39, 0.29) is 5.82 Å². The van der Waals surface area contributed by atoms with Crippen LogP contribution >= 0.6 is 30.4 Å². The van der Waals surface area contributed by atoms with E-state index in [1.54, 1.807) is 0 Å². The molecule has 2 aromatic heterocycles. The molecule has 1 saturated heterocycles. The van der Waals surface area contributed by atoms with E-state index in [2.05, 4.69) is 19.5 Å². The van der Waals surface area contributed by atoms with Crippen molar-refractivity contribution in [1.82, 2.24) is 19.5 Å². The van der Waals surface area contributed by atoms with Crippen molar-refractivity contribution in [3.63, 3.8) is 0 Å². The van der Waals surface area contributed by atoms with Crippen molar-refractivity contribution in [1.29, 1.82) is 0 Å². The molecule has 4 atom stereocenters. The van der Waals surface area contributed by atoms with E-state index in [0.29, 0.717) is 15.0 Å². The SMILES string of the molecule is Nc1ncnc2c1nc(I)n2[C@@H]1O[C@H](COP(=O)(O)O)C(O)C1O. The highest BCUT2D eigenvalue weighted by Crippen LogP contribution is 2.39. The van der Waals surface area contributed by atoms with Crippen molar-refractivity contribution in [2.45, 2.75) is 24.5 Å². The molecule has 2 unspecified atom stereocenters. The number of fused-ring (bicyclic) bond motifs is 1. The Kier molecular flexibility index (Phi) is 4.78. The lowest BCUT2D eigenvalue weighted by Gasteiger charge is -2.17. The Morgan fingerprint density at radius 2 is 2.08 bits per heavy atom. The van der Waals surface area contributed by atoms with Crippen LogP contribution in [0.2, 0.25) is 0 Å². The average molecular weight is 473 g/mol. The predicted molar refractivity (Wildman–Crippen MR) is 86.4 cm³/mol. The van der Waals surface area contributed by atoms with Crippen molar-refractivity contribution < 1.29 is 33.8 Å². The van der Waals surface area contributed by atoms with Crippen LogP contribution in [0.3, 0.4) is 0 Å². The number of nitrogens with two attached hydrogens (primary N) is 1. The van der Waals surface area contributed by atoms with E-state index in [9.17, 15) is 14.8 Å². The van der Waals surface area contributed by atoms with Gasteiger partial charge in [-0.25, -0.2) is 19.5 Å². The Bertz CT molecular complexity index is 812. The first-order valence-electron chi connectivity index (χ1n) is 6.54. The fourth-order valence-corrected chi connectivity index (χ4v) is 3.46. The number of anilines is 1. The second-order valence-corrected chi connectivity index (χ2v) is 7.22. The van der Waals surface area contributed by atoms with Gasteiger partial charge in [0.05, 0.1) is 6.61 Å². The van der Waals surface area contributed by atoms with Gasteiger partial charge in [-0.3, -0.25) is 9.09 Å². The first-order valence-corrected chi connectivity index (χ1v) is 9.15. The highest BCUT2D eigenvalue weighted by Gasteiger charge is 2.45. The van der Waals surface area contributed by atoms with Gasteiger partial charge in [0.25, 0.3) is 0 Å². The van der Waals surface area contributed by atoms with Gasteiger partial charge >= 0.3 is 7.82 Å². The molecular weight excluding hydrogens is 460 g/mol. The number of imidazole rings is 1. The maximum atomic E-state index is 10.8. The van der Waals surface area contributed by atoms with Gasteiger partial charge < -0.3 is 30.5 Å². The number of ether oxygens (including phenoxy) is 1.